The smallest absolute Gasteiger partial charge is 0.417 e. The van der Waals surface area contributed by atoms with Crippen molar-refractivity contribution < 1.29 is 22.7 Å². The van der Waals surface area contributed by atoms with Gasteiger partial charge in [-0.1, -0.05) is 18.2 Å². The number of hydrogen-bond donors (Lipinski definition) is 0. The fourth-order valence-electron chi connectivity index (χ4n) is 2.69. The zero-order valence-electron chi connectivity index (χ0n) is 14.4. The molecule has 1 atom stereocenters. The maximum Gasteiger partial charge on any atom is 0.417 e. The van der Waals surface area contributed by atoms with E-state index in [0.717, 1.165) is 6.07 Å². The van der Waals surface area contributed by atoms with Crippen LogP contribution in [0.25, 0.3) is 11.4 Å². The Morgan fingerprint density at radius 3 is 2.59 bits per heavy atom. The lowest BCUT2D eigenvalue weighted by Crippen LogP contribution is -2.12. The highest BCUT2D eigenvalue weighted by molar-refractivity contribution is 5.76. The third-order valence-corrected chi connectivity index (χ3v) is 3.96. The summed E-state index contributed by atoms with van der Waals surface area (Å²) >= 11 is 0. The van der Waals surface area contributed by atoms with Gasteiger partial charge in [-0.25, -0.2) is 4.98 Å². The first kappa shape index (κ1) is 18.6. The Hall–Kier alpha value is -3.23. The van der Waals surface area contributed by atoms with Gasteiger partial charge in [0.1, 0.15) is 11.4 Å². The second kappa shape index (κ2) is 7.18. The minimum atomic E-state index is -4.51. The van der Waals surface area contributed by atoms with Crippen LogP contribution in [0.1, 0.15) is 34.9 Å². The molecule has 9 heteroatoms. The molecule has 0 aliphatic heterocycles. The van der Waals surface area contributed by atoms with Crippen LogP contribution in [-0.4, -0.2) is 26.0 Å². The van der Waals surface area contributed by atoms with Gasteiger partial charge in [-0.2, -0.15) is 13.2 Å². The van der Waals surface area contributed by atoms with E-state index < -0.39 is 17.8 Å². The molecule has 1 aromatic carbocycles. The monoisotopic (exact) mass is 376 g/mol. The lowest BCUT2D eigenvalue weighted by atomic mass is 10.1. The number of benzene rings is 1. The van der Waals surface area contributed by atoms with Gasteiger partial charge in [0.05, 0.1) is 5.56 Å². The topological polar surface area (TPSA) is 69.9 Å². The van der Waals surface area contributed by atoms with Crippen LogP contribution in [0.2, 0.25) is 0 Å². The van der Waals surface area contributed by atoms with Crippen LogP contribution >= 0.6 is 0 Å². The third kappa shape index (κ3) is 3.67. The van der Waals surface area contributed by atoms with Gasteiger partial charge < -0.3 is 9.30 Å². The van der Waals surface area contributed by atoms with Crippen LogP contribution in [0.3, 0.4) is 0 Å². The van der Waals surface area contributed by atoms with Gasteiger partial charge in [-0.15, -0.1) is 10.2 Å². The molecule has 0 aliphatic carbocycles. The highest BCUT2D eigenvalue weighted by Gasteiger charge is 2.35. The van der Waals surface area contributed by atoms with Gasteiger partial charge in [-0.05, 0) is 25.1 Å². The molecule has 0 spiro atoms. The quantitative estimate of drug-likeness (QED) is 0.633. The average molecular weight is 376 g/mol. The largest absolute Gasteiger partial charge is 0.480 e. The molecule has 0 fully saturated rings. The summed E-state index contributed by atoms with van der Waals surface area (Å²) in [5, 5.41) is 7.89. The van der Waals surface area contributed by atoms with Crippen molar-refractivity contribution in [1.29, 1.82) is 0 Å². The molecule has 0 aliphatic rings. The van der Waals surface area contributed by atoms with Gasteiger partial charge in [-0.3, -0.25) is 4.79 Å². The first-order valence-electron chi connectivity index (χ1n) is 7.95. The predicted molar refractivity (Wildman–Crippen MR) is 90.1 cm³/mol. The Balaban J connectivity index is 1.96. The minimum absolute atomic E-state index is 0.0650. The molecule has 2 heterocycles. The number of ether oxygens (including phenoxy) is 1. The molecule has 0 saturated heterocycles. The summed E-state index contributed by atoms with van der Waals surface area (Å²) in [4.78, 5) is 14.9. The number of carbonyl (C=O) groups is 1. The number of aromatic nitrogens is 4. The SMILES string of the molecule is C[C@H](Oc1cccnc1C=O)c1nnc(-c2ccccc2C(F)(F)F)n1C. The fraction of sp³-hybridized carbons (Fsp3) is 0.222. The maximum absolute atomic E-state index is 13.3. The Kier molecular flexibility index (Phi) is 4.93. The summed E-state index contributed by atoms with van der Waals surface area (Å²) in [5.74, 6) is 0.623. The predicted octanol–water partition coefficient (Wildman–Crippen LogP) is 3.85. The number of pyridine rings is 1. The van der Waals surface area contributed by atoms with Crippen LogP contribution in [-0.2, 0) is 13.2 Å². The lowest BCUT2D eigenvalue weighted by molar-refractivity contribution is -0.137. The summed E-state index contributed by atoms with van der Waals surface area (Å²) in [5.41, 5.74) is -0.751. The summed E-state index contributed by atoms with van der Waals surface area (Å²) in [6.45, 7) is 1.66. The average Bonchev–Trinajstić information content (AvgIpc) is 3.03. The van der Waals surface area contributed by atoms with E-state index in [1.165, 1.54) is 29.0 Å². The summed E-state index contributed by atoms with van der Waals surface area (Å²) in [6.07, 6.45) is -3.17. The molecule has 140 valence electrons. The highest BCUT2D eigenvalue weighted by atomic mass is 19.4. The number of rotatable bonds is 5. The minimum Gasteiger partial charge on any atom is -0.480 e. The molecule has 0 amide bonds. The van der Waals surface area contributed by atoms with E-state index in [9.17, 15) is 18.0 Å². The Morgan fingerprint density at radius 1 is 1.15 bits per heavy atom. The Labute approximate surface area is 152 Å². The van der Waals surface area contributed by atoms with E-state index in [-0.39, 0.29) is 22.8 Å². The van der Waals surface area contributed by atoms with Crippen molar-refractivity contribution in [1.82, 2.24) is 19.7 Å². The summed E-state index contributed by atoms with van der Waals surface area (Å²) in [7, 11) is 1.56. The van der Waals surface area contributed by atoms with E-state index in [1.54, 1.807) is 26.1 Å². The first-order chi connectivity index (χ1) is 12.8. The van der Waals surface area contributed by atoms with Gasteiger partial charge in [0.2, 0.25) is 0 Å². The summed E-state index contributed by atoms with van der Waals surface area (Å²) in [6, 6.07) is 8.34. The van der Waals surface area contributed by atoms with Gasteiger partial charge in [0.25, 0.3) is 0 Å². The third-order valence-electron chi connectivity index (χ3n) is 3.96. The molecular weight excluding hydrogens is 361 g/mol. The van der Waals surface area contributed by atoms with E-state index in [0.29, 0.717) is 12.1 Å². The van der Waals surface area contributed by atoms with Gasteiger partial charge in [0, 0.05) is 18.8 Å². The zero-order valence-corrected chi connectivity index (χ0v) is 14.4. The van der Waals surface area contributed by atoms with Crippen molar-refractivity contribution in [3.63, 3.8) is 0 Å². The normalized spacial score (nSPS) is 12.6. The van der Waals surface area contributed by atoms with Crippen LogP contribution < -0.4 is 4.74 Å². The van der Waals surface area contributed by atoms with Crippen molar-refractivity contribution in [3.8, 4) is 17.1 Å². The van der Waals surface area contributed by atoms with Crippen molar-refractivity contribution in [2.24, 2.45) is 7.05 Å². The lowest BCUT2D eigenvalue weighted by Gasteiger charge is -2.16. The number of carbonyl (C=O) groups excluding carboxylic acids is 1. The Morgan fingerprint density at radius 2 is 1.89 bits per heavy atom. The van der Waals surface area contributed by atoms with Crippen molar-refractivity contribution in [2.75, 3.05) is 0 Å². The van der Waals surface area contributed by atoms with Gasteiger partial charge >= 0.3 is 6.18 Å². The maximum atomic E-state index is 13.3. The summed E-state index contributed by atoms with van der Waals surface area (Å²) < 4.78 is 47.0. The van der Waals surface area contributed by atoms with Crippen molar-refractivity contribution in [2.45, 2.75) is 19.2 Å². The zero-order chi connectivity index (χ0) is 19.6. The molecule has 0 bridgehead atoms. The van der Waals surface area contributed by atoms with Crippen molar-refractivity contribution in [3.05, 3.63) is 59.7 Å². The number of nitrogens with zero attached hydrogens (tertiary/aromatic N) is 4. The highest BCUT2D eigenvalue weighted by Crippen LogP contribution is 2.36. The van der Waals surface area contributed by atoms with Crippen LogP contribution in [0.15, 0.2) is 42.6 Å². The van der Waals surface area contributed by atoms with E-state index in [2.05, 4.69) is 15.2 Å². The fourth-order valence-corrected chi connectivity index (χ4v) is 2.69. The molecule has 27 heavy (non-hydrogen) atoms. The Bertz CT molecular complexity index is 969. The molecule has 0 saturated carbocycles. The molecule has 6 nitrogen and oxygen atoms in total. The molecule has 2 aromatic heterocycles. The second-order valence-electron chi connectivity index (χ2n) is 5.75. The molecular formula is C18H15F3N4O2. The van der Waals surface area contributed by atoms with Crippen LogP contribution in [0.4, 0.5) is 13.2 Å². The number of hydrogen-bond acceptors (Lipinski definition) is 5. The molecule has 3 aromatic rings. The second-order valence-corrected chi connectivity index (χ2v) is 5.75. The molecule has 0 N–H and O–H groups in total. The molecule has 0 radical (unpaired) electrons. The van der Waals surface area contributed by atoms with E-state index in [4.69, 9.17) is 4.74 Å². The van der Waals surface area contributed by atoms with Crippen LogP contribution in [0, 0.1) is 0 Å². The van der Waals surface area contributed by atoms with Crippen molar-refractivity contribution >= 4 is 6.29 Å². The molecule has 0 unspecified atom stereocenters. The van der Waals surface area contributed by atoms with Crippen LogP contribution in [0.5, 0.6) is 5.75 Å². The number of alkyl halides is 3. The standard InChI is InChI=1S/C18H15F3N4O2/c1-11(27-15-8-5-9-22-14(15)10-26)16-23-24-17(25(16)2)12-6-3-4-7-13(12)18(19,20)21/h3-11H,1-2H3/t11-/m0/s1. The molecule has 3 rings (SSSR count). The first-order valence-corrected chi connectivity index (χ1v) is 7.95. The van der Waals surface area contributed by atoms with Gasteiger partial charge in [0.15, 0.2) is 24.0 Å². The van der Waals surface area contributed by atoms with E-state index >= 15 is 0 Å². The van der Waals surface area contributed by atoms with E-state index in [1.807, 2.05) is 0 Å². The number of halogens is 3. The number of aldehydes is 1.